The quantitative estimate of drug-likeness (QED) is 0.623. The molecule has 0 bridgehead atoms. The lowest BCUT2D eigenvalue weighted by atomic mass is 10.1. The number of carboxylic acid groups (broad SMARTS) is 1. The van der Waals surface area contributed by atoms with Crippen LogP contribution in [0, 0.1) is 20.2 Å². The number of hydrogen-bond acceptors (Lipinski definition) is 7. The van der Waals surface area contributed by atoms with Crippen molar-refractivity contribution in [2.75, 3.05) is 6.26 Å². The Bertz CT molecular complexity index is 658. The zero-order valence-corrected chi connectivity index (χ0v) is 10.1. The number of nitrogens with zero attached hydrogens (tertiary/aromatic N) is 2. The van der Waals surface area contributed by atoms with Crippen LogP contribution in [0.2, 0.25) is 0 Å². The molecule has 1 aromatic carbocycles. The molecule has 0 aromatic heterocycles. The number of hydrogen-bond donors (Lipinski definition) is 1. The van der Waals surface area contributed by atoms with Crippen LogP contribution in [0.4, 0.5) is 11.4 Å². The van der Waals surface area contributed by atoms with E-state index in [4.69, 9.17) is 5.11 Å². The number of rotatable bonds is 4. The molecule has 0 saturated heterocycles. The van der Waals surface area contributed by atoms with E-state index < -0.39 is 47.5 Å². The van der Waals surface area contributed by atoms with Crippen molar-refractivity contribution in [3.8, 4) is 0 Å². The summed E-state index contributed by atoms with van der Waals surface area (Å²) in [7, 11) is -3.96. The molecule has 0 radical (unpaired) electrons. The van der Waals surface area contributed by atoms with Crippen LogP contribution in [0.1, 0.15) is 10.4 Å². The molecule has 0 fully saturated rings. The van der Waals surface area contributed by atoms with Crippen molar-refractivity contribution < 1.29 is 28.2 Å². The molecule has 1 N–H and O–H groups in total. The number of carboxylic acids is 1. The van der Waals surface area contributed by atoms with Gasteiger partial charge in [-0.3, -0.25) is 20.2 Å². The van der Waals surface area contributed by atoms with Gasteiger partial charge in [-0.25, -0.2) is 13.2 Å². The van der Waals surface area contributed by atoms with Crippen LogP contribution >= 0.6 is 0 Å². The maximum absolute atomic E-state index is 11.3. The summed E-state index contributed by atoms with van der Waals surface area (Å²) in [4.78, 5) is 29.2. The van der Waals surface area contributed by atoms with Gasteiger partial charge in [0.15, 0.2) is 9.84 Å². The number of aromatic carboxylic acids is 1. The first-order chi connectivity index (χ1) is 8.55. The number of sulfone groups is 1. The topological polar surface area (TPSA) is 158 Å². The third-order valence-electron chi connectivity index (χ3n) is 2.11. The highest BCUT2D eigenvalue weighted by molar-refractivity contribution is 7.90. The zero-order valence-electron chi connectivity index (χ0n) is 9.26. The minimum absolute atomic E-state index is 0.478. The summed E-state index contributed by atoms with van der Waals surface area (Å²) < 4.78 is 22.5. The van der Waals surface area contributed by atoms with E-state index in [1.807, 2.05) is 0 Å². The Balaban J connectivity index is 3.89. The van der Waals surface area contributed by atoms with Gasteiger partial charge in [-0.2, -0.15) is 0 Å². The molecule has 102 valence electrons. The predicted molar refractivity (Wildman–Crippen MR) is 59.8 cm³/mol. The van der Waals surface area contributed by atoms with Crippen LogP contribution in [0.25, 0.3) is 0 Å². The number of carbonyl (C=O) groups is 1. The van der Waals surface area contributed by atoms with Crippen molar-refractivity contribution >= 4 is 27.2 Å². The van der Waals surface area contributed by atoms with E-state index in [1.54, 1.807) is 0 Å². The van der Waals surface area contributed by atoms with Gasteiger partial charge in [-0.05, 0) is 0 Å². The van der Waals surface area contributed by atoms with Gasteiger partial charge in [0.05, 0.1) is 14.7 Å². The fraction of sp³-hybridized carbons (Fsp3) is 0.125. The van der Waals surface area contributed by atoms with Crippen molar-refractivity contribution in [2.24, 2.45) is 0 Å². The van der Waals surface area contributed by atoms with Gasteiger partial charge in [0, 0.05) is 18.4 Å². The van der Waals surface area contributed by atoms with E-state index in [1.165, 1.54) is 0 Å². The van der Waals surface area contributed by atoms with Crippen molar-refractivity contribution in [1.82, 2.24) is 0 Å². The summed E-state index contributed by atoms with van der Waals surface area (Å²) in [5.74, 6) is -1.89. The lowest BCUT2D eigenvalue weighted by Gasteiger charge is -2.03. The average molecular weight is 290 g/mol. The molecule has 0 aliphatic heterocycles. The van der Waals surface area contributed by atoms with Crippen LogP contribution in [-0.2, 0) is 9.84 Å². The number of nitro benzene ring substituents is 2. The van der Waals surface area contributed by atoms with Crippen molar-refractivity contribution in [1.29, 1.82) is 0 Å². The first-order valence-corrected chi connectivity index (χ1v) is 6.35. The molecule has 0 aliphatic carbocycles. The second-order valence-corrected chi connectivity index (χ2v) is 5.44. The SMILES string of the molecule is CS(=O)(=O)c1cc([N+](=O)[O-])c(C(=O)O)c([N+](=O)[O-])c1. The predicted octanol–water partition coefficient (Wildman–Crippen LogP) is 0.605. The molecule has 0 saturated carbocycles. The molecule has 0 amide bonds. The van der Waals surface area contributed by atoms with Gasteiger partial charge >= 0.3 is 5.97 Å². The molecule has 1 aromatic rings. The van der Waals surface area contributed by atoms with Gasteiger partial charge < -0.3 is 5.11 Å². The summed E-state index contributed by atoms with van der Waals surface area (Å²) >= 11 is 0. The van der Waals surface area contributed by atoms with E-state index in [0.29, 0.717) is 18.4 Å². The number of benzene rings is 1. The highest BCUT2D eigenvalue weighted by Gasteiger charge is 2.33. The fourth-order valence-corrected chi connectivity index (χ4v) is 1.96. The second-order valence-electron chi connectivity index (χ2n) is 3.43. The molecule has 0 atom stereocenters. The standard InChI is InChI=1S/C8H6N2O8S/c1-19(17,18)4-2-5(9(13)14)7(8(11)12)6(3-4)10(15)16/h2-3H,1H3,(H,11,12). The van der Waals surface area contributed by atoms with E-state index >= 15 is 0 Å². The Morgan fingerprint density at radius 2 is 1.53 bits per heavy atom. The molecule has 1 rings (SSSR count). The minimum atomic E-state index is -3.96. The Morgan fingerprint density at radius 1 is 1.16 bits per heavy atom. The largest absolute Gasteiger partial charge is 0.477 e. The maximum atomic E-state index is 11.3. The molecule has 19 heavy (non-hydrogen) atoms. The first kappa shape index (κ1) is 14.5. The smallest absolute Gasteiger partial charge is 0.349 e. The van der Waals surface area contributed by atoms with Gasteiger partial charge in [0.1, 0.15) is 0 Å². The summed E-state index contributed by atoms with van der Waals surface area (Å²) in [5.41, 5.74) is -3.47. The Labute approximate surface area is 105 Å². The van der Waals surface area contributed by atoms with Crippen LogP contribution in [-0.4, -0.2) is 35.6 Å². The Hall–Kier alpha value is -2.56. The minimum Gasteiger partial charge on any atom is -0.477 e. The molecule has 0 spiro atoms. The summed E-state index contributed by atoms with van der Waals surface area (Å²) in [5, 5.41) is 30.2. The summed E-state index contributed by atoms with van der Waals surface area (Å²) in [6, 6.07) is 0.956. The molecule has 0 aliphatic rings. The molecule has 0 heterocycles. The lowest BCUT2D eigenvalue weighted by molar-refractivity contribution is -0.395. The highest BCUT2D eigenvalue weighted by Crippen LogP contribution is 2.32. The zero-order chi connectivity index (χ0) is 15.0. The van der Waals surface area contributed by atoms with Crippen LogP contribution in [0.15, 0.2) is 17.0 Å². The maximum Gasteiger partial charge on any atom is 0.349 e. The van der Waals surface area contributed by atoms with Crippen LogP contribution < -0.4 is 0 Å². The normalized spacial score (nSPS) is 11.0. The molecule has 0 unspecified atom stereocenters. The fourth-order valence-electron chi connectivity index (χ4n) is 1.31. The van der Waals surface area contributed by atoms with Crippen LogP contribution in [0.5, 0.6) is 0 Å². The van der Waals surface area contributed by atoms with E-state index in [0.717, 1.165) is 0 Å². The van der Waals surface area contributed by atoms with Crippen molar-refractivity contribution in [2.45, 2.75) is 4.90 Å². The van der Waals surface area contributed by atoms with E-state index in [9.17, 15) is 33.4 Å². The summed E-state index contributed by atoms with van der Waals surface area (Å²) in [6.07, 6.45) is 0.691. The average Bonchev–Trinajstić information content (AvgIpc) is 2.25. The van der Waals surface area contributed by atoms with Gasteiger partial charge in [0.25, 0.3) is 11.4 Å². The lowest BCUT2D eigenvalue weighted by Crippen LogP contribution is -2.09. The molecular weight excluding hydrogens is 284 g/mol. The third kappa shape index (κ3) is 2.82. The third-order valence-corrected chi connectivity index (χ3v) is 3.20. The van der Waals surface area contributed by atoms with E-state index in [-0.39, 0.29) is 0 Å². The monoisotopic (exact) mass is 290 g/mol. The van der Waals surface area contributed by atoms with Gasteiger partial charge in [-0.1, -0.05) is 0 Å². The Morgan fingerprint density at radius 3 is 1.74 bits per heavy atom. The van der Waals surface area contributed by atoms with Crippen molar-refractivity contribution in [3.63, 3.8) is 0 Å². The second kappa shape index (κ2) is 4.61. The highest BCUT2D eigenvalue weighted by atomic mass is 32.2. The van der Waals surface area contributed by atoms with E-state index in [2.05, 4.69) is 0 Å². The Kier molecular flexibility index (Phi) is 3.51. The van der Waals surface area contributed by atoms with Gasteiger partial charge in [0.2, 0.25) is 5.56 Å². The molecule has 10 nitrogen and oxygen atoms in total. The van der Waals surface area contributed by atoms with Crippen molar-refractivity contribution in [3.05, 3.63) is 37.9 Å². The molecule has 11 heteroatoms. The first-order valence-electron chi connectivity index (χ1n) is 4.46. The summed E-state index contributed by atoms with van der Waals surface area (Å²) in [6.45, 7) is 0. The molecular formula is C8H6N2O8S. The number of nitro groups is 2. The van der Waals surface area contributed by atoms with Crippen LogP contribution in [0.3, 0.4) is 0 Å². The van der Waals surface area contributed by atoms with Gasteiger partial charge in [-0.15, -0.1) is 0 Å².